The van der Waals surface area contributed by atoms with Crippen LogP contribution in [0.25, 0.3) is 6.08 Å². The Bertz CT molecular complexity index is 1010. The van der Waals surface area contributed by atoms with Crippen LogP contribution in [-0.4, -0.2) is 70.5 Å². The fraction of sp³-hybridized carbons (Fsp3) is 0.429. The van der Waals surface area contributed by atoms with Crippen molar-refractivity contribution in [2.45, 2.75) is 63.5 Å². The Hall–Kier alpha value is -3.40. The third-order valence-corrected chi connectivity index (χ3v) is 5.66. The van der Waals surface area contributed by atoms with Gasteiger partial charge in [0.2, 0.25) is 0 Å². The number of alkyl carbamates (subject to hydrolysis) is 1. The van der Waals surface area contributed by atoms with E-state index in [9.17, 15) is 24.9 Å². The molecule has 0 aromatic heterocycles. The maximum atomic E-state index is 12.5. The van der Waals surface area contributed by atoms with Crippen LogP contribution >= 0.6 is 0 Å². The average molecular weight is 514 g/mol. The van der Waals surface area contributed by atoms with Gasteiger partial charge in [-0.25, -0.2) is 9.59 Å². The minimum Gasteiger partial charge on any atom is -0.465 e. The van der Waals surface area contributed by atoms with Gasteiger partial charge in [0.15, 0.2) is 0 Å². The van der Waals surface area contributed by atoms with E-state index in [1.807, 2.05) is 54.6 Å². The van der Waals surface area contributed by atoms with Crippen LogP contribution in [0.3, 0.4) is 0 Å². The highest BCUT2D eigenvalue weighted by Crippen LogP contribution is 2.15. The molecule has 0 aliphatic carbocycles. The van der Waals surface area contributed by atoms with E-state index >= 15 is 0 Å². The van der Waals surface area contributed by atoms with Gasteiger partial charge in [-0.2, -0.15) is 0 Å². The van der Waals surface area contributed by atoms with Crippen LogP contribution < -0.4 is 16.0 Å². The fourth-order valence-corrected chi connectivity index (χ4v) is 3.87. The first-order chi connectivity index (χ1) is 17.5. The fourth-order valence-electron chi connectivity index (χ4n) is 3.87. The summed E-state index contributed by atoms with van der Waals surface area (Å²) in [5.74, 6) is 0. The van der Waals surface area contributed by atoms with Crippen molar-refractivity contribution in [3.05, 3.63) is 77.9 Å². The first-order valence-corrected chi connectivity index (χ1v) is 12.3. The average Bonchev–Trinajstić information content (AvgIpc) is 2.82. The van der Waals surface area contributed by atoms with E-state index in [-0.39, 0.29) is 13.1 Å². The van der Waals surface area contributed by atoms with Crippen molar-refractivity contribution < 1.29 is 29.6 Å². The number of carbonyl (C=O) groups excluding carboxylic acids is 1. The number of nitrogens with one attached hydrogen (secondary N) is 3. The van der Waals surface area contributed by atoms with Crippen molar-refractivity contribution in [2.75, 3.05) is 13.1 Å². The topological polar surface area (TPSA) is 140 Å². The van der Waals surface area contributed by atoms with Gasteiger partial charge >= 0.3 is 12.2 Å². The van der Waals surface area contributed by atoms with Crippen LogP contribution in [0.15, 0.2) is 61.2 Å². The molecule has 2 rings (SSSR count). The normalized spacial score (nSPS) is 14.6. The highest BCUT2D eigenvalue weighted by Gasteiger charge is 2.27. The van der Waals surface area contributed by atoms with Gasteiger partial charge in [0.1, 0.15) is 5.60 Å². The van der Waals surface area contributed by atoms with Crippen molar-refractivity contribution in [1.82, 2.24) is 16.0 Å². The van der Waals surface area contributed by atoms with Crippen LogP contribution in [0.4, 0.5) is 9.59 Å². The summed E-state index contributed by atoms with van der Waals surface area (Å²) < 4.78 is 5.37. The van der Waals surface area contributed by atoms with Gasteiger partial charge in [-0.15, -0.1) is 0 Å². The van der Waals surface area contributed by atoms with Gasteiger partial charge in [-0.1, -0.05) is 67.3 Å². The second kappa shape index (κ2) is 14.4. The molecule has 2 aromatic carbocycles. The standard InChI is InChI=1S/C28H39N3O6/c1-5-20-13-9-10-14-21(20)16-23(31-27(36)37-28(2,3)4)25(33)18-29-17-24(32)22(30-26(34)35)15-19-11-7-6-8-12-19/h5-14,22-25,29-30,32-33H,1,15-18H2,2-4H3,(H,31,36)(H,34,35)/t22-,23-,24+,25?/m0/s1. The molecular formula is C28H39N3O6. The number of amides is 2. The molecular weight excluding hydrogens is 474 g/mol. The maximum absolute atomic E-state index is 12.5. The van der Waals surface area contributed by atoms with Crippen LogP contribution in [0, 0.1) is 0 Å². The monoisotopic (exact) mass is 513 g/mol. The molecule has 0 saturated carbocycles. The molecule has 0 heterocycles. The minimum atomic E-state index is -1.23. The number of ether oxygens (including phenoxy) is 1. The second-order valence-corrected chi connectivity index (χ2v) is 9.90. The van der Waals surface area contributed by atoms with Crippen molar-refractivity contribution >= 4 is 18.3 Å². The Kier molecular flexibility index (Phi) is 11.6. The number of aliphatic hydroxyl groups is 2. The van der Waals surface area contributed by atoms with Crippen molar-refractivity contribution in [1.29, 1.82) is 0 Å². The Labute approximate surface area is 218 Å². The van der Waals surface area contributed by atoms with E-state index < -0.39 is 42.1 Å². The lowest BCUT2D eigenvalue weighted by atomic mass is 9.97. The van der Waals surface area contributed by atoms with E-state index in [4.69, 9.17) is 4.74 Å². The predicted octanol–water partition coefficient (Wildman–Crippen LogP) is 2.96. The van der Waals surface area contributed by atoms with E-state index in [1.165, 1.54) is 0 Å². The summed E-state index contributed by atoms with van der Waals surface area (Å²) in [6.45, 7) is 9.16. The van der Waals surface area contributed by atoms with Gasteiger partial charge in [0, 0.05) is 13.1 Å². The lowest BCUT2D eigenvalue weighted by Gasteiger charge is -2.28. The molecule has 4 atom stereocenters. The largest absolute Gasteiger partial charge is 0.465 e. The third kappa shape index (κ3) is 11.0. The summed E-state index contributed by atoms with van der Waals surface area (Å²) in [4.78, 5) is 23.7. The smallest absolute Gasteiger partial charge is 0.407 e. The molecule has 9 heteroatoms. The first kappa shape index (κ1) is 29.8. The molecule has 0 fully saturated rings. The number of carbonyl (C=O) groups is 2. The molecule has 0 aliphatic rings. The van der Waals surface area contributed by atoms with Gasteiger partial charge in [-0.3, -0.25) is 0 Å². The number of hydrogen-bond acceptors (Lipinski definition) is 6. The van der Waals surface area contributed by atoms with Crippen LogP contribution in [0.2, 0.25) is 0 Å². The van der Waals surface area contributed by atoms with Crippen molar-refractivity contribution in [2.24, 2.45) is 0 Å². The molecule has 2 aromatic rings. The second-order valence-electron chi connectivity index (χ2n) is 9.90. The molecule has 0 bridgehead atoms. The van der Waals surface area contributed by atoms with Crippen LogP contribution in [-0.2, 0) is 17.6 Å². The van der Waals surface area contributed by atoms with Gasteiger partial charge in [0.05, 0.1) is 24.3 Å². The number of rotatable bonds is 13. The molecule has 202 valence electrons. The molecule has 0 aliphatic heterocycles. The molecule has 0 spiro atoms. The Morgan fingerprint density at radius 1 is 0.919 bits per heavy atom. The number of aliphatic hydroxyl groups excluding tert-OH is 2. The zero-order valence-electron chi connectivity index (χ0n) is 21.7. The first-order valence-electron chi connectivity index (χ1n) is 12.3. The Morgan fingerprint density at radius 2 is 1.49 bits per heavy atom. The SMILES string of the molecule is C=Cc1ccccc1C[C@H](NC(=O)OC(C)(C)C)C(O)CNC[C@@H](O)[C@H](Cc1ccccc1)NC(=O)O. The zero-order chi connectivity index (χ0) is 27.4. The molecule has 37 heavy (non-hydrogen) atoms. The summed E-state index contributed by atoms with van der Waals surface area (Å²) in [6, 6.07) is 15.4. The van der Waals surface area contributed by atoms with Gasteiger partial charge in [0.25, 0.3) is 0 Å². The predicted molar refractivity (Wildman–Crippen MR) is 143 cm³/mol. The molecule has 0 saturated heterocycles. The van der Waals surface area contributed by atoms with Crippen molar-refractivity contribution in [3.8, 4) is 0 Å². The van der Waals surface area contributed by atoms with Crippen LogP contribution in [0.5, 0.6) is 0 Å². The van der Waals surface area contributed by atoms with Crippen molar-refractivity contribution in [3.63, 3.8) is 0 Å². The maximum Gasteiger partial charge on any atom is 0.407 e. The molecule has 9 nitrogen and oxygen atoms in total. The highest BCUT2D eigenvalue weighted by atomic mass is 16.6. The summed E-state index contributed by atoms with van der Waals surface area (Å²) in [5.41, 5.74) is 1.96. The number of carboxylic acid groups (broad SMARTS) is 1. The summed E-state index contributed by atoms with van der Waals surface area (Å²) in [7, 11) is 0. The van der Waals surface area contributed by atoms with E-state index in [0.29, 0.717) is 12.8 Å². The zero-order valence-corrected chi connectivity index (χ0v) is 21.7. The number of benzene rings is 2. The summed E-state index contributed by atoms with van der Waals surface area (Å²) >= 11 is 0. The molecule has 1 unspecified atom stereocenters. The van der Waals surface area contributed by atoms with E-state index in [1.54, 1.807) is 26.8 Å². The highest BCUT2D eigenvalue weighted by molar-refractivity contribution is 5.68. The Balaban J connectivity index is 2.05. The minimum absolute atomic E-state index is 0.0250. The number of hydrogen-bond donors (Lipinski definition) is 6. The summed E-state index contributed by atoms with van der Waals surface area (Å²) in [5, 5.41) is 39.0. The third-order valence-electron chi connectivity index (χ3n) is 5.66. The molecule has 2 amide bonds. The van der Waals surface area contributed by atoms with Crippen LogP contribution in [0.1, 0.15) is 37.5 Å². The van der Waals surface area contributed by atoms with Gasteiger partial charge < -0.3 is 36.0 Å². The van der Waals surface area contributed by atoms with E-state index in [2.05, 4.69) is 22.5 Å². The Morgan fingerprint density at radius 3 is 2.05 bits per heavy atom. The van der Waals surface area contributed by atoms with Gasteiger partial charge in [-0.05, 0) is 50.3 Å². The lowest BCUT2D eigenvalue weighted by Crippen LogP contribution is -2.52. The lowest BCUT2D eigenvalue weighted by molar-refractivity contribution is 0.0416. The van der Waals surface area contributed by atoms with E-state index in [0.717, 1.165) is 16.7 Å². The quantitative estimate of drug-likeness (QED) is 0.242. The molecule has 0 radical (unpaired) electrons. The molecule has 6 N–H and O–H groups in total. The summed E-state index contributed by atoms with van der Waals surface area (Å²) in [6.07, 6.45) is -1.63.